The fourth-order valence-electron chi connectivity index (χ4n) is 3.62. The van der Waals surface area contributed by atoms with Gasteiger partial charge in [0, 0.05) is 37.4 Å². The van der Waals surface area contributed by atoms with E-state index >= 15 is 0 Å². The second-order valence-corrected chi connectivity index (χ2v) is 5.96. The molecule has 0 N–H and O–H groups in total. The van der Waals surface area contributed by atoms with Gasteiger partial charge in [-0.3, -0.25) is 4.90 Å². The number of ether oxygens (including phenoxy) is 2. The first-order valence-electron chi connectivity index (χ1n) is 7.79. The van der Waals surface area contributed by atoms with Crippen LogP contribution in [0.2, 0.25) is 0 Å². The molecule has 3 aliphatic heterocycles. The van der Waals surface area contributed by atoms with Crippen LogP contribution in [0.1, 0.15) is 19.3 Å². The molecule has 1 aromatic carbocycles. The van der Waals surface area contributed by atoms with Crippen LogP contribution < -0.4 is 14.4 Å². The van der Waals surface area contributed by atoms with Gasteiger partial charge in [-0.05, 0) is 31.5 Å². The summed E-state index contributed by atoms with van der Waals surface area (Å²) < 4.78 is 11.3. The fourth-order valence-corrected chi connectivity index (χ4v) is 3.62. The molecule has 0 amide bonds. The molecule has 3 aliphatic rings. The number of anilines is 1. The Morgan fingerprint density at radius 1 is 0.950 bits per heavy atom. The number of rotatable bonds is 1. The summed E-state index contributed by atoms with van der Waals surface area (Å²) in [4.78, 5) is 5.17. The van der Waals surface area contributed by atoms with Crippen LogP contribution in [-0.2, 0) is 0 Å². The van der Waals surface area contributed by atoms with Gasteiger partial charge in [0.05, 0.1) is 0 Å². The Morgan fingerprint density at radius 2 is 1.85 bits per heavy atom. The van der Waals surface area contributed by atoms with Crippen LogP contribution in [0.25, 0.3) is 0 Å². The second-order valence-electron chi connectivity index (χ2n) is 5.96. The third-order valence-electron chi connectivity index (χ3n) is 4.73. The molecular weight excluding hydrogens is 252 g/mol. The number of piperidine rings is 1. The summed E-state index contributed by atoms with van der Waals surface area (Å²) in [7, 11) is 0. The lowest BCUT2D eigenvalue weighted by atomic mass is 9.99. The van der Waals surface area contributed by atoms with Crippen LogP contribution in [0.15, 0.2) is 18.2 Å². The van der Waals surface area contributed by atoms with Crippen LogP contribution >= 0.6 is 0 Å². The first-order valence-corrected chi connectivity index (χ1v) is 7.79. The zero-order valence-electron chi connectivity index (χ0n) is 11.9. The lowest BCUT2D eigenvalue weighted by Gasteiger charge is -2.45. The van der Waals surface area contributed by atoms with Crippen LogP contribution in [0.3, 0.4) is 0 Å². The second kappa shape index (κ2) is 5.17. The van der Waals surface area contributed by atoms with Crippen LogP contribution in [0.5, 0.6) is 11.5 Å². The van der Waals surface area contributed by atoms with Crippen LogP contribution in [-0.4, -0.2) is 50.3 Å². The smallest absolute Gasteiger partial charge is 0.163 e. The topological polar surface area (TPSA) is 24.9 Å². The molecule has 0 aliphatic carbocycles. The molecular formula is C16H22N2O2. The van der Waals surface area contributed by atoms with Crippen molar-refractivity contribution in [3.05, 3.63) is 18.2 Å². The number of hydrogen-bond acceptors (Lipinski definition) is 4. The Morgan fingerprint density at radius 3 is 2.80 bits per heavy atom. The van der Waals surface area contributed by atoms with Crippen molar-refractivity contribution < 1.29 is 9.47 Å². The fraction of sp³-hybridized carbons (Fsp3) is 0.625. The highest BCUT2D eigenvalue weighted by atomic mass is 16.6. The molecule has 4 heteroatoms. The third kappa shape index (κ3) is 2.22. The summed E-state index contributed by atoms with van der Waals surface area (Å²) in [6.07, 6.45) is 4.11. The molecule has 4 rings (SSSR count). The predicted molar refractivity (Wildman–Crippen MR) is 78.9 cm³/mol. The van der Waals surface area contributed by atoms with Gasteiger partial charge in [0.1, 0.15) is 13.2 Å². The average Bonchev–Trinajstić information content (AvgIpc) is 2.54. The third-order valence-corrected chi connectivity index (χ3v) is 4.73. The summed E-state index contributed by atoms with van der Waals surface area (Å²) >= 11 is 0. The Bertz CT molecular complexity index is 491. The Hall–Kier alpha value is -1.42. The van der Waals surface area contributed by atoms with Crippen molar-refractivity contribution in [2.75, 3.05) is 44.3 Å². The summed E-state index contributed by atoms with van der Waals surface area (Å²) in [6, 6.07) is 7.11. The van der Waals surface area contributed by atoms with E-state index in [-0.39, 0.29) is 0 Å². The van der Waals surface area contributed by atoms with Crippen molar-refractivity contribution in [1.29, 1.82) is 0 Å². The Kier molecular flexibility index (Phi) is 3.19. The van der Waals surface area contributed by atoms with Crippen molar-refractivity contribution in [2.24, 2.45) is 0 Å². The van der Waals surface area contributed by atoms with E-state index in [0.29, 0.717) is 13.2 Å². The molecule has 3 heterocycles. The summed E-state index contributed by atoms with van der Waals surface area (Å²) in [5, 5.41) is 0. The quantitative estimate of drug-likeness (QED) is 0.783. The number of hydrogen-bond donors (Lipinski definition) is 0. The molecule has 2 fully saturated rings. The van der Waals surface area contributed by atoms with Gasteiger partial charge < -0.3 is 14.4 Å². The SMILES string of the molecule is c1cc2c(cc1N1CCN3CCCCC3C1)OCCO2. The van der Waals surface area contributed by atoms with Gasteiger partial charge >= 0.3 is 0 Å². The minimum absolute atomic E-state index is 0.660. The summed E-state index contributed by atoms with van der Waals surface area (Å²) in [5.41, 5.74) is 1.28. The predicted octanol–water partition coefficient (Wildman–Crippen LogP) is 2.13. The van der Waals surface area contributed by atoms with Gasteiger partial charge in [-0.1, -0.05) is 6.42 Å². The molecule has 20 heavy (non-hydrogen) atoms. The molecule has 108 valence electrons. The maximum Gasteiger partial charge on any atom is 0.163 e. The van der Waals surface area contributed by atoms with E-state index < -0.39 is 0 Å². The summed E-state index contributed by atoms with van der Waals surface area (Å²) in [6.45, 7) is 6.08. The molecule has 1 unspecified atom stereocenters. The largest absolute Gasteiger partial charge is 0.486 e. The summed E-state index contributed by atoms with van der Waals surface area (Å²) in [5.74, 6) is 1.79. The monoisotopic (exact) mass is 274 g/mol. The number of benzene rings is 1. The van der Waals surface area contributed by atoms with Crippen molar-refractivity contribution in [3.63, 3.8) is 0 Å². The first-order chi connectivity index (χ1) is 9.90. The van der Waals surface area contributed by atoms with E-state index in [1.54, 1.807) is 0 Å². The van der Waals surface area contributed by atoms with Crippen molar-refractivity contribution in [3.8, 4) is 11.5 Å². The van der Waals surface area contributed by atoms with Crippen molar-refractivity contribution >= 4 is 5.69 Å². The highest BCUT2D eigenvalue weighted by molar-refractivity contribution is 5.57. The lowest BCUT2D eigenvalue weighted by molar-refractivity contribution is 0.133. The molecule has 0 spiro atoms. The first kappa shape index (κ1) is 12.3. The van der Waals surface area contributed by atoms with Gasteiger partial charge in [0.25, 0.3) is 0 Å². The standard InChI is InChI=1S/C16H22N2O2/c1-2-6-17-7-8-18(12-14(17)3-1)13-4-5-15-16(11-13)20-10-9-19-15/h4-5,11,14H,1-3,6-10,12H2. The number of nitrogens with zero attached hydrogens (tertiary/aromatic N) is 2. The highest BCUT2D eigenvalue weighted by Gasteiger charge is 2.29. The van der Waals surface area contributed by atoms with E-state index in [1.807, 2.05) is 0 Å². The average molecular weight is 274 g/mol. The van der Waals surface area contributed by atoms with Crippen LogP contribution in [0.4, 0.5) is 5.69 Å². The van der Waals surface area contributed by atoms with Crippen LogP contribution in [0, 0.1) is 0 Å². The van der Waals surface area contributed by atoms with Gasteiger partial charge in [0.2, 0.25) is 0 Å². The molecule has 4 nitrogen and oxygen atoms in total. The van der Waals surface area contributed by atoms with E-state index in [2.05, 4.69) is 28.0 Å². The molecule has 2 saturated heterocycles. The molecule has 0 bridgehead atoms. The van der Waals surface area contributed by atoms with Gasteiger partial charge in [-0.15, -0.1) is 0 Å². The Labute approximate surface area is 120 Å². The minimum atomic E-state index is 0.660. The number of fused-ring (bicyclic) bond motifs is 2. The van der Waals surface area contributed by atoms with Gasteiger partial charge in [-0.2, -0.15) is 0 Å². The van der Waals surface area contributed by atoms with E-state index in [0.717, 1.165) is 30.6 Å². The highest BCUT2D eigenvalue weighted by Crippen LogP contribution is 2.35. The van der Waals surface area contributed by atoms with Crippen molar-refractivity contribution in [2.45, 2.75) is 25.3 Å². The zero-order chi connectivity index (χ0) is 13.4. The molecule has 0 radical (unpaired) electrons. The molecule has 0 saturated carbocycles. The van der Waals surface area contributed by atoms with E-state index in [1.165, 1.54) is 38.0 Å². The molecule has 1 aromatic rings. The van der Waals surface area contributed by atoms with Gasteiger partial charge in [0.15, 0.2) is 11.5 Å². The van der Waals surface area contributed by atoms with Gasteiger partial charge in [-0.25, -0.2) is 0 Å². The minimum Gasteiger partial charge on any atom is -0.486 e. The number of piperazine rings is 1. The molecule has 0 aromatic heterocycles. The Balaban J connectivity index is 1.52. The molecule has 1 atom stereocenters. The van der Waals surface area contributed by atoms with E-state index in [4.69, 9.17) is 9.47 Å². The normalized spacial score (nSPS) is 26.2. The maximum absolute atomic E-state index is 5.70. The maximum atomic E-state index is 5.70. The van der Waals surface area contributed by atoms with Crippen molar-refractivity contribution in [1.82, 2.24) is 4.90 Å². The van der Waals surface area contributed by atoms with E-state index in [9.17, 15) is 0 Å². The zero-order valence-corrected chi connectivity index (χ0v) is 11.9. The lowest BCUT2D eigenvalue weighted by Crippen LogP contribution is -2.54.